The van der Waals surface area contributed by atoms with Gasteiger partial charge in [0.1, 0.15) is 11.1 Å². The van der Waals surface area contributed by atoms with Crippen LogP contribution in [-0.4, -0.2) is 11.1 Å². The zero-order valence-electron chi connectivity index (χ0n) is 15.5. The molecule has 0 N–H and O–H groups in total. The number of benzene rings is 2. The molecule has 0 bridgehead atoms. The molecule has 0 amide bonds. The van der Waals surface area contributed by atoms with Crippen molar-refractivity contribution in [2.45, 2.75) is 35.5 Å². The van der Waals surface area contributed by atoms with E-state index in [9.17, 15) is 15.4 Å². The third kappa shape index (κ3) is 4.24. The molecule has 0 saturated carbocycles. The lowest BCUT2D eigenvalue weighted by Gasteiger charge is -2.09. The molecular formula is C22H17N3O2S2. The van der Waals surface area contributed by atoms with Crippen molar-refractivity contribution in [3.8, 4) is 6.07 Å². The van der Waals surface area contributed by atoms with Crippen LogP contribution in [0.25, 0.3) is 0 Å². The predicted molar refractivity (Wildman–Crippen MR) is 117 cm³/mol. The second-order valence-corrected chi connectivity index (χ2v) is 8.85. The van der Waals surface area contributed by atoms with Crippen molar-refractivity contribution in [2.75, 3.05) is 0 Å². The summed E-state index contributed by atoms with van der Waals surface area (Å²) in [7, 11) is 0. The van der Waals surface area contributed by atoms with Crippen LogP contribution >= 0.6 is 23.1 Å². The topological polar surface area (TPSA) is 79.3 Å². The van der Waals surface area contributed by atoms with E-state index in [0.29, 0.717) is 16.1 Å². The van der Waals surface area contributed by atoms with Gasteiger partial charge >= 0.3 is 0 Å². The highest BCUT2D eigenvalue weighted by Crippen LogP contribution is 2.39. The summed E-state index contributed by atoms with van der Waals surface area (Å²) < 4.78 is 0. The maximum atomic E-state index is 11.2. The monoisotopic (exact) mass is 419 g/mol. The lowest BCUT2D eigenvalue weighted by Crippen LogP contribution is -1.99. The number of rotatable bonds is 5. The van der Waals surface area contributed by atoms with Gasteiger partial charge in [-0.2, -0.15) is 5.26 Å². The molecule has 0 saturated heterocycles. The fraction of sp³-hybridized carbons (Fsp3) is 0.182. The van der Waals surface area contributed by atoms with Crippen molar-refractivity contribution >= 4 is 40.0 Å². The SMILES string of the molecule is N#Cc1c(N=Cc2cc([N+](=O)[O-])ccc2Sc2ccccc2)sc2c1CCCC2. The molecule has 1 heterocycles. The van der Waals surface area contributed by atoms with Gasteiger partial charge in [-0.3, -0.25) is 10.1 Å². The number of fused-ring (bicyclic) bond motifs is 1. The number of hydrogen-bond acceptors (Lipinski definition) is 6. The number of nitriles is 1. The summed E-state index contributed by atoms with van der Waals surface area (Å²) in [5.41, 5.74) is 2.48. The summed E-state index contributed by atoms with van der Waals surface area (Å²) in [6, 6.07) is 16.9. The highest BCUT2D eigenvalue weighted by atomic mass is 32.2. The average Bonchev–Trinajstić information content (AvgIpc) is 3.11. The highest BCUT2D eigenvalue weighted by Gasteiger charge is 2.20. The highest BCUT2D eigenvalue weighted by molar-refractivity contribution is 7.99. The zero-order chi connectivity index (χ0) is 20.2. The fourth-order valence-corrected chi connectivity index (χ4v) is 5.44. The van der Waals surface area contributed by atoms with Crippen LogP contribution in [0.5, 0.6) is 0 Å². The number of nitrogens with zero attached hydrogens (tertiary/aromatic N) is 3. The van der Waals surface area contributed by atoms with Crippen LogP contribution in [0.4, 0.5) is 10.7 Å². The predicted octanol–water partition coefficient (Wildman–Crippen LogP) is 6.31. The molecule has 5 nitrogen and oxygen atoms in total. The van der Waals surface area contributed by atoms with E-state index in [4.69, 9.17) is 0 Å². The second kappa shape index (κ2) is 8.60. The number of thiophene rings is 1. The number of hydrogen-bond donors (Lipinski definition) is 0. The molecule has 29 heavy (non-hydrogen) atoms. The van der Waals surface area contributed by atoms with E-state index in [0.717, 1.165) is 41.0 Å². The van der Waals surface area contributed by atoms with Crippen LogP contribution in [0.1, 0.15) is 34.4 Å². The van der Waals surface area contributed by atoms with Gasteiger partial charge < -0.3 is 0 Å². The van der Waals surface area contributed by atoms with Gasteiger partial charge in [0.2, 0.25) is 0 Å². The Labute approximate surface area is 176 Å². The minimum atomic E-state index is -0.404. The Morgan fingerprint density at radius 3 is 2.72 bits per heavy atom. The minimum Gasteiger partial charge on any atom is -0.258 e. The van der Waals surface area contributed by atoms with Crippen molar-refractivity contribution in [1.29, 1.82) is 5.26 Å². The molecule has 0 unspecified atom stereocenters. The smallest absolute Gasteiger partial charge is 0.258 e. The molecule has 2 aromatic carbocycles. The Bertz CT molecular complexity index is 1130. The van der Waals surface area contributed by atoms with Crippen LogP contribution in [0, 0.1) is 21.4 Å². The molecular weight excluding hydrogens is 402 g/mol. The molecule has 1 aromatic heterocycles. The lowest BCUT2D eigenvalue weighted by atomic mass is 9.96. The first kappa shape index (κ1) is 19.4. The van der Waals surface area contributed by atoms with E-state index >= 15 is 0 Å². The van der Waals surface area contributed by atoms with Crippen LogP contribution in [0.3, 0.4) is 0 Å². The molecule has 0 spiro atoms. The number of non-ortho nitro benzene ring substituents is 1. The molecule has 0 aliphatic heterocycles. The van der Waals surface area contributed by atoms with E-state index in [1.807, 2.05) is 30.3 Å². The zero-order valence-corrected chi connectivity index (χ0v) is 17.1. The summed E-state index contributed by atoms with van der Waals surface area (Å²) in [6.07, 6.45) is 5.82. The van der Waals surface area contributed by atoms with Gasteiger partial charge in [0.25, 0.3) is 5.69 Å². The molecule has 1 aliphatic carbocycles. The summed E-state index contributed by atoms with van der Waals surface area (Å²) >= 11 is 3.10. The van der Waals surface area contributed by atoms with Crippen molar-refractivity contribution < 1.29 is 4.92 Å². The number of aliphatic imine (C=N–C) groups is 1. The molecule has 0 fully saturated rings. The molecule has 0 atom stereocenters. The standard InChI is InChI=1S/C22H17N3O2S2/c23-13-19-18-8-4-5-9-21(18)29-22(19)24-14-15-12-16(25(26)27)10-11-20(15)28-17-6-2-1-3-7-17/h1-3,6-7,10-12,14H,4-5,8-9H2. The summed E-state index contributed by atoms with van der Waals surface area (Å²) in [6.45, 7) is 0. The third-order valence-corrected chi connectivity index (χ3v) is 7.06. The Morgan fingerprint density at radius 2 is 1.97 bits per heavy atom. The molecule has 1 aliphatic rings. The number of nitro groups is 1. The Hall–Kier alpha value is -2.95. The fourth-order valence-electron chi connectivity index (χ4n) is 3.34. The van der Waals surface area contributed by atoms with Gasteiger partial charge in [0, 0.05) is 38.6 Å². The number of aryl methyl sites for hydroxylation is 1. The van der Waals surface area contributed by atoms with Gasteiger partial charge in [0.15, 0.2) is 0 Å². The van der Waals surface area contributed by atoms with Crippen molar-refractivity contribution in [3.05, 3.63) is 80.2 Å². The molecule has 4 rings (SSSR count). The summed E-state index contributed by atoms with van der Waals surface area (Å²) in [5, 5.41) is 21.6. The van der Waals surface area contributed by atoms with Crippen LogP contribution < -0.4 is 0 Å². The quantitative estimate of drug-likeness (QED) is 0.276. The maximum Gasteiger partial charge on any atom is 0.270 e. The lowest BCUT2D eigenvalue weighted by molar-refractivity contribution is -0.384. The van der Waals surface area contributed by atoms with Gasteiger partial charge in [-0.15, -0.1) is 11.3 Å². The van der Waals surface area contributed by atoms with Gasteiger partial charge in [-0.1, -0.05) is 30.0 Å². The first-order valence-electron chi connectivity index (χ1n) is 9.26. The van der Waals surface area contributed by atoms with Gasteiger partial charge in [-0.05, 0) is 49.4 Å². The molecule has 7 heteroatoms. The van der Waals surface area contributed by atoms with E-state index in [1.165, 1.54) is 28.8 Å². The van der Waals surface area contributed by atoms with E-state index in [1.54, 1.807) is 23.6 Å². The second-order valence-electron chi connectivity index (χ2n) is 6.66. The van der Waals surface area contributed by atoms with Gasteiger partial charge in [-0.25, -0.2) is 4.99 Å². The maximum absolute atomic E-state index is 11.2. The Morgan fingerprint density at radius 1 is 1.17 bits per heavy atom. The molecule has 0 radical (unpaired) electrons. The number of nitro benzene ring substituents is 1. The van der Waals surface area contributed by atoms with Crippen LogP contribution in [0.2, 0.25) is 0 Å². The van der Waals surface area contributed by atoms with Crippen LogP contribution in [-0.2, 0) is 12.8 Å². The van der Waals surface area contributed by atoms with E-state index in [-0.39, 0.29) is 5.69 Å². The third-order valence-electron chi connectivity index (χ3n) is 4.76. The minimum absolute atomic E-state index is 0.0230. The summed E-state index contributed by atoms with van der Waals surface area (Å²) in [5.74, 6) is 0. The average molecular weight is 420 g/mol. The van der Waals surface area contributed by atoms with Crippen LogP contribution in [0.15, 0.2) is 63.3 Å². The van der Waals surface area contributed by atoms with Crippen molar-refractivity contribution in [1.82, 2.24) is 0 Å². The largest absolute Gasteiger partial charge is 0.270 e. The normalized spacial score (nSPS) is 13.2. The molecule has 144 valence electrons. The Kier molecular flexibility index (Phi) is 5.74. The van der Waals surface area contributed by atoms with Crippen molar-refractivity contribution in [3.63, 3.8) is 0 Å². The Balaban J connectivity index is 1.72. The molecule has 3 aromatic rings. The van der Waals surface area contributed by atoms with E-state index < -0.39 is 4.92 Å². The first-order valence-corrected chi connectivity index (χ1v) is 10.9. The summed E-state index contributed by atoms with van der Waals surface area (Å²) in [4.78, 5) is 18.6. The van der Waals surface area contributed by atoms with Gasteiger partial charge in [0.05, 0.1) is 10.5 Å². The van der Waals surface area contributed by atoms with Crippen molar-refractivity contribution in [2.24, 2.45) is 4.99 Å². The first-order chi connectivity index (χ1) is 14.2. The van der Waals surface area contributed by atoms with E-state index in [2.05, 4.69) is 11.1 Å².